The lowest BCUT2D eigenvalue weighted by Crippen LogP contribution is -2.02. The minimum absolute atomic E-state index is 0.0283. The normalized spacial score (nSPS) is 10.1. The molecule has 2 aromatic rings. The van der Waals surface area contributed by atoms with E-state index in [-0.39, 0.29) is 5.78 Å². The molecule has 0 bridgehead atoms. The molecule has 0 spiro atoms. The van der Waals surface area contributed by atoms with E-state index in [1.54, 1.807) is 38.5 Å². The van der Waals surface area contributed by atoms with Crippen molar-refractivity contribution in [1.82, 2.24) is 0 Å². The first-order valence-corrected chi connectivity index (χ1v) is 6.76. The van der Waals surface area contributed by atoms with Gasteiger partial charge >= 0.3 is 0 Å². The highest BCUT2D eigenvalue weighted by atomic mass is 127. The summed E-state index contributed by atoms with van der Waals surface area (Å²) in [6, 6.07) is 12.7. The molecule has 98 valence electrons. The Bertz CT molecular complexity index is 608. The van der Waals surface area contributed by atoms with Crippen LogP contribution in [0.15, 0.2) is 42.5 Å². The second-order valence-corrected chi connectivity index (χ2v) is 5.15. The van der Waals surface area contributed by atoms with Gasteiger partial charge in [-0.2, -0.15) is 0 Å². The highest BCUT2D eigenvalue weighted by molar-refractivity contribution is 14.1. The zero-order chi connectivity index (χ0) is 13.8. The van der Waals surface area contributed by atoms with Gasteiger partial charge in [-0.25, -0.2) is 0 Å². The van der Waals surface area contributed by atoms with E-state index in [9.17, 15) is 4.79 Å². The van der Waals surface area contributed by atoms with Gasteiger partial charge in [-0.1, -0.05) is 12.1 Å². The number of carbonyl (C=O) groups is 1. The van der Waals surface area contributed by atoms with E-state index in [2.05, 4.69) is 22.6 Å². The van der Waals surface area contributed by atoms with Crippen LogP contribution in [0.1, 0.15) is 15.9 Å². The van der Waals surface area contributed by atoms with Crippen LogP contribution in [-0.2, 0) is 0 Å². The molecule has 0 aromatic heterocycles. The molecule has 0 aliphatic heterocycles. The summed E-state index contributed by atoms with van der Waals surface area (Å²) in [5.41, 5.74) is 1.25. The van der Waals surface area contributed by atoms with Crippen molar-refractivity contribution in [3.63, 3.8) is 0 Å². The average Bonchev–Trinajstić information content (AvgIpc) is 2.45. The van der Waals surface area contributed by atoms with E-state index < -0.39 is 0 Å². The van der Waals surface area contributed by atoms with Gasteiger partial charge in [-0.3, -0.25) is 4.79 Å². The first-order valence-electron chi connectivity index (χ1n) is 5.68. The Labute approximate surface area is 125 Å². The summed E-state index contributed by atoms with van der Waals surface area (Å²) in [7, 11) is 3.12. The van der Waals surface area contributed by atoms with E-state index in [4.69, 9.17) is 9.47 Å². The van der Waals surface area contributed by atoms with Crippen LogP contribution in [0.2, 0.25) is 0 Å². The number of hydrogen-bond donors (Lipinski definition) is 0. The van der Waals surface area contributed by atoms with Crippen LogP contribution in [0.5, 0.6) is 11.5 Å². The van der Waals surface area contributed by atoms with E-state index in [0.29, 0.717) is 22.6 Å². The molecule has 0 unspecified atom stereocenters. The number of methoxy groups -OCH3 is 2. The van der Waals surface area contributed by atoms with Crippen molar-refractivity contribution in [3.05, 3.63) is 57.2 Å². The SMILES string of the molecule is COc1ccc(C(=O)c2cccc(I)c2)cc1OC. The highest BCUT2D eigenvalue weighted by Crippen LogP contribution is 2.28. The molecule has 0 atom stereocenters. The number of ketones is 1. The van der Waals surface area contributed by atoms with Crippen molar-refractivity contribution in [2.45, 2.75) is 0 Å². The minimum Gasteiger partial charge on any atom is -0.493 e. The van der Waals surface area contributed by atoms with Crippen molar-refractivity contribution < 1.29 is 14.3 Å². The largest absolute Gasteiger partial charge is 0.493 e. The maximum absolute atomic E-state index is 12.4. The second kappa shape index (κ2) is 6.06. The molecule has 2 rings (SSSR count). The van der Waals surface area contributed by atoms with Gasteiger partial charge in [-0.05, 0) is 52.9 Å². The number of ether oxygens (including phenoxy) is 2. The Balaban J connectivity index is 2.39. The van der Waals surface area contributed by atoms with E-state index in [1.807, 2.05) is 18.2 Å². The molecule has 0 saturated heterocycles. The van der Waals surface area contributed by atoms with Gasteiger partial charge < -0.3 is 9.47 Å². The maximum Gasteiger partial charge on any atom is 0.193 e. The van der Waals surface area contributed by atoms with Gasteiger partial charge in [0.1, 0.15) is 0 Å². The summed E-state index contributed by atoms with van der Waals surface area (Å²) in [5, 5.41) is 0. The molecule has 0 heterocycles. The number of carbonyl (C=O) groups excluding carboxylic acids is 1. The van der Waals surface area contributed by atoms with Crippen molar-refractivity contribution in [2.24, 2.45) is 0 Å². The highest BCUT2D eigenvalue weighted by Gasteiger charge is 2.12. The fraction of sp³-hybridized carbons (Fsp3) is 0.133. The van der Waals surface area contributed by atoms with Crippen molar-refractivity contribution in [3.8, 4) is 11.5 Å². The topological polar surface area (TPSA) is 35.5 Å². The number of halogens is 1. The molecule has 0 aliphatic carbocycles. The summed E-state index contributed by atoms with van der Waals surface area (Å²) < 4.78 is 11.4. The summed E-state index contributed by atoms with van der Waals surface area (Å²) in [5.74, 6) is 1.14. The van der Waals surface area contributed by atoms with E-state index >= 15 is 0 Å². The van der Waals surface area contributed by atoms with Crippen molar-refractivity contribution in [2.75, 3.05) is 14.2 Å². The van der Waals surface area contributed by atoms with Gasteiger partial charge in [0, 0.05) is 14.7 Å². The lowest BCUT2D eigenvalue weighted by molar-refractivity contribution is 0.103. The summed E-state index contributed by atoms with van der Waals surface area (Å²) in [6.07, 6.45) is 0. The Morgan fingerprint density at radius 3 is 2.26 bits per heavy atom. The fourth-order valence-corrected chi connectivity index (χ4v) is 2.32. The zero-order valence-corrected chi connectivity index (χ0v) is 12.8. The quantitative estimate of drug-likeness (QED) is 0.612. The average molecular weight is 368 g/mol. The van der Waals surface area contributed by atoms with Crippen LogP contribution in [0.3, 0.4) is 0 Å². The second-order valence-electron chi connectivity index (χ2n) is 3.91. The van der Waals surface area contributed by atoms with Crippen molar-refractivity contribution >= 4 is 28.4 Å². The summed E-state index contributed by atoms with van der Waals surface area (Å²) in [6.45, 7) is 0. The molecule has 2 aromatic carbocycles. The maximum atomic E-state index is 12.4. The van der Waals surface area contributed by atoms with Gasteiger partial charge in [-0.15, -0.1) is 0 Å². The van der Waals surface area contributed by atoms with Crippen molar-refractivity contribution in [1.29, 1.82) is 0 Å². The van der Waals surface area contributed by atoms with Gasteiger partial charge in [0.2, 0.25) is 0 Å². The van der Waals surface area contributed by atoms with Gasteiger partial charge in [0.25, 0.3) is 0 Å². The lowest BCUT2D eigenvalue weighted by Gasteiger charge is -2.09. The zero-order valence-electron chi connectivity index (χ0n) is 10.6. The standard InChI is InChI=1S/C15H13IO3/c1-18-13-7-6-11(9-14(13)19-2)15(17)10-4-3-5-12(16)8-10/h3-9H,1-2H3. The summed E-state index contributed by atoms with van der Waals surface area (Å²) in [4.78, 5) is 12.4. The third-order valence-electron chi connectivity index (χ3n) is 2.73. The Hall–Kier alpha value is -1.56. The Morgan fingerprint density at radius 1 is 0.947 bits per heavy atom. The van der Waals surface area contributed by atoms with Crippen LogP contribution in [0.4, 0.5) is 0 Å². The minimum atomic E-state index is -0.0283. The van der Waals surface area contributed by atoms with Crippen LogP contribution in [-0.4, -0.2) is 20.0 Å². The van der Waals surface area contributed by atoms with Crippen LogP contribution < -0.4 is 9.47 Å². The van der Waals surface area contributed by atoms with Gasteiger partial charge in [0.05, 0.1) is 14.2 Å². The monoisotopic (exact) mass is 368 g/mol. The first-order chi connectivity index (χ1) is 9.15. The van der Waals surface area contributed by atoms with E-state index in [1.165, 1.54) is 0 Å². The molecule has 0 fully saturated rings. The van der Waals surface area contributed by atoms with Gasteiger partial charge in [0.15, 0.2) is 17.3 Å². The van der Waals surface area contributed by atoms with Crippen LogP contribution in [0.25, 0.3) is 0 Å². The Morgan fingerprint density at radius 2 is 1.63 bits per heavy atom. The van der Waals surface area contributed by atoms with Crippen LogP contribution >= 0.6 is 22.6 Å². The lowest BCUT2D eigenvalue weighted by atomic mass is 10.0. The van der Waals surface area contributed by atoms with E-state index in [0.717, 1.165) is 3.57 Å². The predicted molar refractivity (Wildman–Crippen MR) is 82.1 cm³/mol. The molecule has 0 aliphatic rings. The summed E-state index contributed by atoms with van der Waals surface area (Å²) >= 11 is 2.19. The molecular weight excluding hydrogens is 355 g/mol. The molecule has 4 heteroatoms. The third-order valence-corrected chi connectivity index (χ3v) is 3.40. The van der Waals surface area contributed by atoms with Crippen LogP contribution in [0, 0.1) is 3.57 Å². The number of hydrogen-bond acceptors (Lipinski definition) is 3. The number of benzene rings is 2. The molecule has 0 radical (unpaired) electrons. The smallest absolute Gasteiger partial charge is 0.193 e. The molecule has 0 amide bonds. The number of rotatable bonds is 4. The Kier molecular flexibility index (Phi) is 4.42. The molecule has 0 N–H and O–H groups in total. The fourth-order valence-electron chi connectivity index (χ4n) is 1.77. The molecule has 19 heavy (non-hydrogen) atoms. The first kappa shape index (κ1) is 13.9. The molecule has 3 nitrogen and oxygen atoms in total. The molecular formula is C15H13IO3. The predicted octanol–water partition coefficient (Wildman–Crippen LogP) is 3.54. The third kappa shape index (κ3) is 3.07. The molecule has 0 saturated carbocycles.